The van der Waals surface area contributed by atoms with Crippen molar-refractivity contribution >= 4 is 5.82 Å². The number of halogens is 2. The Bertz CT molecular complexity index is 410. The normalized spacial score (nSPS) is 13.5. The highest BCUT2D eigenvalue weighted by Gasteiger charge is 2.42. The molecule has 1 heterocycles. The third-order valence-corrected chi connectivity index (χ3v) is 2.36. The molecule has 0 saturated carbocycles. The summed E-state index contributed by atoms with van der Waals surface area (Å²) in [6.45, 7) is 3.31. The van der Waals surface area contributed by atoms with E-state index in [0.717, 1.165) is 0 Å². The van der Waals surface area contributed by atoms with Crippen molar-refractivity contribution in [3.8, 4) is 12.3 Å². The second kappa shape index (κ2) is 4.44. The van der Waals surface area contributed by atoms with E-state index in [1.807, 2.05) is 0 Å². The summed E-state index contributed by atoms with van der Waals surface area (Å²) in [5, 5.41) is 0. The van der Waals surface area contributed by atoms with E-state index in [1.165, 1.54) is 18.4 Å². The molecular formula is C11H13F2N3. The van der Waals surface area contributed by atoms with Gasteiger partial charge in [-0.3, -0.25) is 0 Å². The van der Waals surface area contributed by atoms with Gasteiger partial charge in [-0.1, -0.05) is 13.8 Å². The van der Waals surface area contributed by atoms with Crippen LogP contribution in [0.4, 0.5) is 14.6 Å². The molecule has 1 rings (SSSR count). The number of terminal acetylenes is 1. The van der Waals surface area contributed by atoms with Crippen molar-refractivity contribution in [2.24, 2.45) is 5.92 Å². The zero-order chi connectivity index (χ0) is 12.3. The molecule has 86 valence electrons. The molecule has 0 amide bonds. The Balaban J connectivity index is 3.25. The smallest absolute Gasteiger partial charge is 0.315 e. The molecule has 0 aromatic carbocycles. The standard InChI is InChI=1S/C11H13F2N3/c1-4-11(12,13)9(7(2)3)8-5-15-6-16-10(8)14/h1,5-7,9H,2-3H3,(H2,14,15,16). The lowest BCUT2D eigenvalue weighted by molar-refractivity contribution is 0.0181. The van der Waals surface area contributed by atoms with Crippen LogP contribution in [0.2, 0.25) is 0 Å². The molecule has 1 unspecified atom stereocenters. The Morgan fingerprint density at radius 3 is 2.56 bits per heavy atom. The maximum absolute atomic E-state index is 13.6. The molecule has 1 aromatic rings. The van der Waals surface area contributed by atoms with Gasteiger partial charge in [-0.05, 0) is 11.8 Å². The molecule has 0 fully saturated rings. The van der Waals surface area contributed by atoms with Gasteiger partial charge in [0.2, 0.25) is 0 Å². The highest BCUT2D eigenvalue weighted by atomic mass is 19.3. The van der Waals surface area contributed by atoms with Crippen LogP contribution in [0.1, 0.15) is 25.3 Å². The summed E-state index contributed by atoms with van der Waals surface area (Å²) in [5.41, 5.74) is 5.75. The molecule has 0 aliphatic carbocycles. The van der Waals surface area contributed by atoms with Crippen molar-refractivity contribution in [3.63, 3.8) is 0 Å². The quantitative estimate of drug-likeness (QED) is 0.801. The summed E-state index contributed by atoms with van der Waals surface area (Å²) in [4.78, 5) is 7.40. The second-order valence-electron chi connectivity index (χ2n) is 3.85. The monoisotopic (exact) mass is 225 g/mol. The van der Waals surface area contributed by atoms with E-state index in [4.69, 9.17) is 12.2 Å². The van der Waals surface area contributed by atoms with Crippen molar-refractivity contribution in [1.29, 1.82) is 0 Å². The molecule has 0 saturated heterocycles. The van der Waals surface area contributed by atoms with Crippen molar-refractivity contribution < 1.29 is 8.78 Å². The van der Waals surface area contributed by atoms with E-state index in [2.05, 4.69) is 9.97 Å². The number of hydrogen-bond donors (Lipinski definition) is 1. The maximum atomic E-state index is 13.6. The molecule has 1 aromatic heterocycles. The number of nitrogen functional groups attached to an aromatic ring is 1. The summed E-state index contributed by atoms with van der Waals surface area (Å²) in [5.74, 6) is -3.24. The van der Waals surface area contributed by atoms with Gasteiger partial charge in [-0.15, -0.1) is 6.42 Å². The first-order valence-electron chi connectivity index (χ1n) is 4.81. The van der Waals surface area contributed by atoms with Gasteiger partial charge < -0.3 is 5.73 Å². The average Bonchev–Trinajstić information content (AvgIpc) is 2.20. The summed E-state index contributed by atoms with van der Waals surface area (Å²) >= 11 is 0. The third-order valence-electron chi connectivity index (χ3n) is 2.36. The number of rotatable bonds is 3. The van der Waals surface area contributed by atoms with E-state index in [9.17, 15) is 8.78 Å². The largest absolute Gasteiger partial charge is 0.383 e. The summed E-state index contributed by atoms with van der Waals surface area (Å²) in [6, 6.07) is 0. The van der Waals surface area contributed by atoms with Gasteiger partial charge >= 0.3 is 5.92 Å². The minimum Gasteiger partial charge on any atom is -0.383 e. The molecular weight excluding hydrogens is 212 g/mol. The first kappa shape index (κ1) is 12.4. The molecule has 2 N–H and O–H groups in total. The van der Waals surface area contributed by atoms with Crippen LogP contribution < -0.4 is 5.73 Å². The van der Waals surface area contributed by atoms with Gasteiger partial charge in [-0.2, -0.15) is 8.78 Å². The lowest BCUT2D eigenvalue weighted by Gasteiger charge is -2.26. The lowest BCUT2D eigenvalue weighted by atomic mass is 9.84. The van der Waals surface area contributed by atoms with Crippen LogP contribution in [-0.2, 0) is 0 Å². The minimum absolute atomic E-state index is 0.0450. The number of hydrogen-bond acceptors (Lipinski definition) is 3. The number of nitrogens with zero attached hydrogens (tertiary/aromatic N) is 2. The van der Waals surface area contributed by atoms with E-state index < -0.39 is 11.8 Å². The fourth-order valence-corrected chi connectivity index (χ4v) is 1.65. The van der Waals surface area contributed by atoms with Gasteiger partial charge in [0.25, 0.3) is 0 Å². The van der Waals surface area contributed by atoms with Crippen LogP contribution in [0.15, 0.2) is 12.5 Å². The lowest BCUT2D eigenvalue weighted by Crippen LogP contribution is -2.29. The highest BCUT2D eigenvalue weighted by molar-refractivity contribution is 5.42. The zero-order valence-corrected chi connectivity index (χ0v) is 9.11. The Hall–Kier alpha value is -1.70. The van der Waals surface area contributed by atoms with Gasteiger partial charge in [0.1, 0.15) is 12.1 Å². The average molecular weight is 225 g/mol. The van der Waals surface area contributed by atoms with Crippen LogP contribution in [0, 0.1) is 18.3 Å². The molecule has 0 aliphatic rings. The maximum Gasteiger partial charge on any atom is 0.315 e. The molecule has 0 aliphatic heterocycles. The van der Waals surface area contributed by atoms with Crippen LogP contribution in [0.25, 0.3) is 0 Å². The number of aromatic nitrogens is 2. The van der Waals surface area contributed by atoms with Crippen LogP contribution in [0.5, 0.6) is 0 Å². The van der Waals surface area contributed by atoms with Crippen LogP contribution >= 0.6 is 0 Å². The van der Waals surface area contributed by atoms with Gasteiger partial charge in [0.05, 0.1) is 5.92 Å². The van der Waals surface area contributed by atoms with Crippen molar-refractivity contribution in [2.45, 2.75) is 25.7 Å². The molecule has 1 atom stereocenters. The zero-order valence-electron chi connectivity index (χ0n) is 9.11. The molecule has 3 nitrogen and oxygen atoms in total. The number of anilines is 1. The molecule has 16 heavy (non-hydrogen) atoms. The summed E-state index contributed by atoms with van der Waals surface area (Å²) < 4.78 is 27.2. The number of alkyl halides is 2. The van der Waals surface area contributed by atoms with Gasteiger partial charge in [-0.25, -0.2) is 9.97 Å². The molecule has 0 bridgehead atoms. The predicted molar refractivity (Wildman–Crippen MR) is 57.8 cm³/mol. The Kier molecular flexibility index (Phi) is 3.43. The first-order chi connectivity index (χ1) is 7.40. The first-order valence-corrected chi connectivity index (χ1v) is 4.81. The highest BCUT2D eigenvalue weighted by Crippen LogP contribution is 2.40. The van der Waals surface area contributed by atoms with E-state index in [0.29, 0.717) is 0 Å². The second-order valence-corrected chi connectivity index (χ2v) is 3.85. The molecule has 0 radical (unpaired) electrons. The van der Waals surface area contributed by atoms with Crippen LogP contribution in [-0.4, -0.2) is 15.9 Å². The Morgan fingerprint density at radius 1 is 1.50 bits per heavy atom. The van der Waals surface area contributed by atoms with Gasteiger partial charge in [0.15, 0.2) is 0 Å². The van der Waals surface area contributed by atoms with Crippen LogP contribution in [0.3, 0.4) is 0 Å². The van der Waals surface area contributed by atoms with Crippen molar-refractivity contribution in [2.75, 3.05) is 5.73 Å². The predicted octanol–water partition coefficient (Wildman–Crippen LogP) is 2.07. The fraction of sp³-hybridized carbons (Fsp3) is 0.455. The number of nitrogens with two attached hydrogens (primary N) is 1. The Morgan fingerprint density at radius 2 is 2.12 bits per heavy atom. The van der Waals surface area contributed by atoms with Gasteiger partial charge in [0, 0.05) is 11.8 Å². The van der Waals surface area contributed by atoms with Crippen molar-refractivity contribution in [3.05, 3.63) is 18.1 Å². The third kappa shape index (κ3) is 2.27. The summed E-state index contributed by atoms with van der Waals surface area (Å²) in [7, 11) is 0. The van der Waals surface area contributed by atoms with E-state index >= 15 is 0 Å². The fourth-order valence-electron chi connectivity index (χ4n) is 1.65. The van der Waals surface area contributed by atoms with E-state index in [1.54, 1.807) is 13.8 Å². The topological polar surface area (TPSA) is 51.8 Å². The molecule has 5 heteroatoms. The molecule has 0 spiro atoms. The SMILES string of the molecule is C#CC(F)(F)C(c1cncnc1N)C(C)C. The van der Waals surface area contributed by atoms with E-state index in [-0.39, 0.29) is 17.3 Å². The Labute approximate surface area is 93.1 Å². The minimum atomic E-state index is -3.26. The summed E-state index contributed by atoms with van der Waals surface area (Å²) in [6.07, 6.45) is 7.35. The van der Waals surface area contributed by atoms with Crippen molar-refractivity contribution in [1.82, 2.24) is 9.97 Å².